The fourth-order valence-corrected chi connectivity index (χ4v) is 2.83. The molecule has 1 heterocycles. The van der Waals surface area contributed by atoms with Gasteiger partial charge in [0.05, 0.1) is 12.2 Å². The molecule has 0 fully saturated rings. The number of halogens is 2. The molecule has 0 aliphatic carbocycles. The van der Waals surface area contributed by atoms with Crippen LogP contribution >= 0.6 is 39.9 Å². The summed E-state index contributed by atoms with van der Waals surface area (Å²) in [7, 11) is 1.77. The van der Waals surface area contributed by atoms with Gasteiger partial charge in [0.2, 0.25) is 0 Å². The molecule has 2 rings (SSSR count). The highest BCUT2D eigenvalue weighted by molar-refractivity contribution is 14.0. The fraction of sp³-hybridized carbons (Fsp3) is 0.444. The lowest BCUT2D eigenvalue weighted by Crippen LogP contribution is -2.39. The number of nitrogens with one attached hydrogen (secondary N) is 2. The van der Waals surface area contributed by atoms with Crippen LogP contribution in [0.3, 0.4) is 0 Å². The van der Waals surface area contributed by atoms with E-state index in [0.717, 1.165) is 41.4 Å². The zero-order valence-electron chi connectivity index (χ0n) is 15.5. The lowest BCUT2D eigenvalue weighted by atomic mass is 10.3. The Morgan fingerprint density at radius 1 is 1.23 bits per heavy atom. The summed E-state index contributed by atoms with van der Waals surface area (Å²) in [4.78, 5) is 4.22. The van der Waals surface area contributed by atoms with Crippen LogP contribution in [0.15, 0.2) is 39.8 Å². The molecule has 0 bridgehead atoms. The minimum absolute atomic E-state index is 0. The van der Waals surface area contributed by atoms with Gasteiger partial charge in [-0.05, 0) is 44.5 Å². The maximum Gasteiger partial charge on any atom is 0.191 e. The molecule has 0 saturated heterocycles. The van der Waals surface area contributed by atoms with E-state index in [1.165, 1.54) is 5.69 Å². The molecule has 0 aliphatic heterocycles. The van der Waals surface area contributed by atoms with Crippen LogP contribution in [-0.4, -0.2) is 42.5 Å². The summed E-state index contributed by atoms with van der Waals surface area (Å²) in [5.74, 6) is 1.63. The second-order valence-electron chi connectivity index (χ2n) is 5.74. The van der Waals surface area contributed by atoms with E-state index in [9.17, 15) is 0 Å². The van der Waals surface area contributed by atoms with E-state index in [2.05, 4.69) is 49.6 Å². The quantitative estimate of drug-likeness (QED) is 0.235. The highest BCUT2D eigenvalue weighted by Crippen LogP contribution is 2.17. The summed E-state index contributed by atoms with van der Waals surface area (Å²) in [6.45, 7) is 7.09. The largest absolute Gasteiger partial charge is 0.492 e. The standard InChI is InChI=1S/C18H26BrN5O.HI/c1-14-12-15(2)24(23-14)10-5-8-21-18(20-3)22-9-11-25-17-7-4-6-16(19)13-17;/h4,6-7,12-13H,5,8-11H2,1-3H3,(H2,20,21,22);1H. The number of aryl methyl sites for hydroxylation is 3. The summed E-state index contributed by atoms with van der Waals surface area (Å²) in [5, 5.41) is 11.0. The van der Waals surface area contributed by atoms with Gasteiger partial charge in [-0.15, -0.1) is 24.0 Å². The molecule has 0 aliphatic rings. The Labute approximate surface area is 181 Å². The zero-order chi connectivity index (χ0) is 18.1. The van der Waals surface area contributed by atoms with Crippen molar-refractivity contribution in [3.05, 3.63) is 46.2 Å². The van der Waals surface area contributed by atoms with Gasteiger partial charge in [0.15, 0.2) is 5.96 Å². The van der Waals surface area contributed by atoms with Crippen molar-refractivity contribution in [3.63, 3.8) is 0 Å². The van der Waals surface area contributed by atoms with Crippen LogP contribution < -0.4 is 15.4 Å². The molecule has 0 unspecified atom stereocenters. The van der Waals surface area contributed by atoms with Crippen molar-refractivity contribution in [3.8, 4) is 5.75 Å². The second-order valence-corrected chi connectivity index (χ2v) is 6.65. The molecule has 0 amide bonds. The first-order chi connectivity index (χ1) is 12.1. The van der Waals surface area contributed by atoms with Gasteiger partial charge in [-0.3, -0.25) is 9.67 Å². The van der Waals surface area contributed by atoms with Crippen molar-refractivity contribution in [1.82, 2.24) is 20.4 Å². The number of hydrogen-bond donors (Lipinski definition) is 2. The van der Waals surface area contributed by atoms with E-state index in [1.54, 1.807) is 7.05 Å². The van der Waals surface area contributed by atoms with Crippen molar-refractivity contribution in [2.75, 3.05) is 26.7 Å². The minimum Gasteiger partial charge on any atom is -0.492 e. The van der Waals surface area contributed by atoms with Gasteiger partial charge >= 0.3 is 0 Å². The van der Waals surface area contributed by atoms with E-state index in [1.807, 2.05) is 35.9 Å². The van der Waals surface area contributed by atoms with Crippen LogP contribution in [0.4, 0.5) is 0 Å². The molecule has 6 nitrogen and oxygen atoms in total. The number of hydrogen-bond acceptors (Lipinski definition) is 3. The highest BCUT2D eigenvalue weighted by Gasteiger charge is 2.01. The average molecular weight is 536 g/mol. The lowest BCUT2D eigenvalue weighted by Gasteiger charge is -2.13. The van der Waals surface area contributed by atoms with Gasteiger partial charge < -0.3 is 15.4 Å². The lowest BCUT2D eigenvalue weighted by molar-refractivity contribution is 0.321. The van der Waals surface area contributed by atoms with Gasteiger partial charge in [0, 0.05) is 30.3 Å². The molecule has 144 valence electrons. The molecule has 2 aromatic rings. The first-order valence-electron chi connectivity index (χ1n) is 8.42. The summed E-state index contributed by atoms with van der Waals surface area (Å²) in [6.07, 6.45) is 0.983. The zero-order valence-corrected chi connectivity index (χ0v) is 19.4. The predicted octanol–water partition coefficient (Wildman–Crippen LogP) is 3.51. The maximum absolute atomic E-state index is 5.69. The molecule has 0 radical (unpaired) electrons. The summed E-state index contributed by atoms with van der Waals surface area (Å²) in [5.41, 5.74) is 2.26. The number of benzene rings is 1. The SMILES string of the molecule is CN=C(NCCCn1nc(C)cc1C)NCCOc1cccc(Br)c1.I. The maximum atomic E-state index is 5.69. The summed E-state index contributed by atoms with van der Waals surface area (Å²) < 4.78 is 8.75. The molecule has 2 N–H and O–H groups in total. The van der Waals surface area contributed by atoms with Crippen LogP contribution in [-0.2, 0) is 6.54 Å². The van der Waals surface area contributed by atoms with Gasteiger partial charge in [-0.25, -0.2) is 0 Å². The topological polar surface area (TPSA) is 63.5 Å². The Bertz CT molecular complexity index is 705. The van der Waals surface area contributed by atoms with Gasteiger partial charge in [0.1, 0.15) is 12.4 Å². The monoisotopic (exact) mass is 535 g/mol. The molecule has 8 heteroatoms. The van der Waals surface area contributed by atoms with Crippen molar-refractivity contribution in [2.45, 2.75) is 26.8 Å². The molecule has 0 saturated carbocycles. The van der Waals surface area contributed by atoms with Crippen LogP contribution in [0.1, 0.15) is 17.8 Å². The fourth-order valence-electron chi connectivity index (χ4n) is 2.45. The first kappa shape index (κ1) is 22.8. The third-order valence-electron chi connectivity index (χ3n) is 3.63. The number of aliphatic imine (C=N–C) groups is 1. The van der Waals surface area contributed by atoms with Crippen LogP contribution in [0.2, 0.25) is 0 Å². The number of rotatable bonds is 8. The van der Waals surface area contributed by atoms with Crippen LogP contribution in [0, 0.1) is 13.8 Å². The van der Waals surface area contributed by atoms with E-state index in [4.69, 9.17) is 4.74 Å². The number of aromatic nitrogens is 2. The van der Waals surface area contributed by atoms with Crippen molar-refractivity contribution >= 4 is 45.9 Å². The number of ether oxygens (including phenoxy) is 1. The van der Waals surface area contributed by atoms with Crippen molar-refractivity contribution < 1.29 is 4.74 Å². The average Bonchev–Trinajstić information content (AvgIpc) is 2.91. The van der Waals surface area contributed by atoms with E-state index < -0.39 is 0 Å². The Hall–Kier alpha value is -1.29. The smallest absolute Gasteiger partial charge is 0.191 e. The summed E-state index contributed by atoms with van der Waals surface area (Å²) >= 11 is 3.43. The molecule has 1 aromatic carbocycles. The molecule has 1 aromatic heterocycles. The minimum atomic E-state index is 0. The van der Waals surface area contributed by atoms with E-state index >= 15 is 0 Å². The predicted molar refractivity (Wildman–Crippen MR) is 121 cm³/mol. The van der Waals surface area contributed by atoms with Crippen molar-refractivity contribution in [2.24, 2.45) is 4.99 Å². The third-order valence-corrected chi connectivity index (χ3v) is 4.12. The van der Waals surface area contributed by atoms with Crippen LogP contribution in [0.5, 0.6) is 5.75 Å². The normalized spacial score (nSPS) is 11.0. The molecule has 26 heavy (non-hydrogen) atoms. The summed E-state index contributed by atoms with van der Waals surface area (Å²) in [6, 6.07) is 9.92. The van der Waals surface area contributed by atoms with Gasteiger partial charge in [-0.1, -0.05) is 22.0 Å². The first-order valence-corrected chi connectivity index (χ1v) is 9.21. The Morgan fingerprint density at radius 3 is 2.65 bits per heavy atom. The molecule has 0 spiro atoms. The Morgan fingerprint density at radius 2 is 2.00 bits per heavy atom. The van der Waals surface area contributed by atoms with Crippen LogP contribution in [0.25, 0.3) is 0 Å². The number of guanidine groups is 1. The Kier molecular flexibility index (Phi) is 10.6. The molecule has 0 atom stereocenters. The molecular weight excluding hydrogens is 509 g/mol. The van der Waals surface area contributed by atoms with Gasteiger partial charge in [-0.2, -0.15) is 5.10 Å². The van der Waals surface area contributed by atoms with E-state index in [0.29, 0.717) is 13.2 Å². The molecular formula is C18H27BrIN5O. The third kappa shape index (κ3) is 7.94. The van der Waals surface area contributed by atoms with Crippen molar-refractivity contribution in [1.29, 1.82) is 0 Å². The van der Waals surface area contributed by atoms with E-state index in [-0.39, 0.29) is 24.0 Å². The highest BCUT2D eigenvalue weighted by atomic mass is 127. The Balaban J connectivity index is 0.00000338. The van der Waals surface area contributed by atoms with Gasteiger partial charge in [0.25, 0.3) is 0 Å². The number of nitrogens with zero attached hydrogens (tertiary/aromatic N) is 3. The second kappa shape index (κ2) is 12.2.